The molecule has 1 aromatic heterocycles. The Morgan fingerprint density at radius 1 is 1.53 bits per heavy atom. The molecule has 1 N–H and O–H groups in total. The monoisotopic (exact) mass is 301 g/mol. The van der Waals surface area contributed by atoms with Crippen LogP contribution in [-0.2, 0) is 20.7 Å². The molecule has 1 atom stereocenters. The molecule has 92 valence electrons. The van der Waals surface area contributed by atoms with Gasteiger partial charge in [-0.1, -0.05) is 0 Å². The van der Waals surface area contributed by atoms with Crippen molar-refractivity contribution in [2.75, 3.05) is 6.61 Å². The van der Waals surface area contributed by atoms with Crippen LogP contribution in [0.15, 0.2) is 22.9 Å². The molecule has 0 aromatic carbocycles. The number of hydrogen-bond donors (Lipinski definition) is 1. The van der Waals surface area contributed by atoms with Gasteiger partial charge in [-0.2, -0.15) is 0 Å². The summed E-state index contributed by atoms with van der Waals surface area (Å²) in [5.74, 6) is -3.10. The first-order valence-corrected chi connectivity index (χ1v) is 5.82. The number of carbonyl (C=O) groups is 2. The molecule has 0 radical (unpaired) electrons. The number of aliphatic carboxylic acids is 1. The second kappa shape index (κ2) is 6.34. The third-order valence-corrected chi connectivity index (χ3v) is 2.50. The van der Waals surface area contributed by atoms with Crippen molar-refractivity contribution in [3.63, 3.8) is 0 Å². The molecule has 1 heterocycles. The lowest BCUT2D eigenvalue weighted by atomic mass is 10.0. The van der Waals surface area contributed by atoms with E-state index >= 15 is 0 Å². The molecule has 1 rings (SSSR count). The summed E-state index contributed by atoms with van der Waals surface area (Å²) in [5.41, 5.74) is 0.667. The standard InChI is InChI=1S/C11H12BrNO4/c1-2-17-11(16)9(10(14)15)4-7-3-8(12)6-13-5-7/h3,5-6,9H,2,4H2,1H3,(H,14,15). The number of hydrogen-bond acceptors (Lipinski definition) is 4. The van der Waals surface area contributed by atoms with Crippen molar-refractivity contribution in [3.8, 4) is 0 Å². The van der Waals surface area contributed by atoms with E-state index in [2.05, 4.69) is 20.9 Å². The van der Waals surface area contributed by atoms with Crippen molar-refractivity contribution in [1.29, 1.82) is 0 Å². The maximum Gasteiger partial charge on any atom is 0.320 e. The zero-order chi connectivity index (χ0) is 12.8. The van der Waals surface area contributed by atoms with Gasteiger partial charge >= 0.3 is 11.9 Å². The largest absolute Gasteiger partial charge is 0.481 e. The molecular formula is C11H12BrNO4. The van der Waals surface area contributed by atoms with E-state index in [1.807, 2.05) is 0 Å². The molecule has 1 unspecified atom stereocenters. The van der Waals surface area contributed by atoms with Crippen LogP contribution in [0.25, 0.3) is 0 Å². The van der Waals surface area contributed by atoms with Crippen molar-refractivity contribution < 1.29 is 19.4 Å². The SMILES string of the molecule is CCOC(=O)C(Cc1cncc(Br)c1)C(=O)O. The number of halogens is 1. The smallest absolute Gasteiger partial charge is 0.320 e. The van der Waals surface area contributed by atoms with Gasteiger partial charge in [-0.3, -0.25) is 14.6 Å². The van der Waals surface area contributed by atoms with Crippen LogP contribution in [0.4, 0.5) is 0 Å². The van der Waals surface area contributed by atoms with Crippen LogP contribution in [-0.4, -0.2) is 28.6 Å². The highest BCUT2D eigenvalue weighted by molar-refractivity contribution is 9.10. The van der Waals surface area contributed by atoms with E-state index in [-0.39, 0.29) is 13.0 Å². The van der Waals surface area contributed by atoms with Crippen molar-refractivity contribution >= 4 is 27.9 Å². The van der Waals surface area contributed by atoms with E-state index in [1.165, 1.54) is 6.20 Å². The fraction of sp³-hybridized carbons (Fsp3) is 0.364. The van der Waals surface area contributed by atoms with E-state index in [0.717, 1.165) is 4.47 Å². The topological polar surface area (TPSA) is 76.5 Å². The molecule has 0 fully saturated rings. The summed E-state index contributed by atoms with van der Waals surface area (Å²) in [4.78, 5) is 26.3. The molecule has 0 amide bonds. The quantitative estimate of drug-likeness (QED) is 0.661. The second-order valence-corrected chi connectivity index (χ2v) is 4.27. The molecule has 5 nitrogen and oxygen atoms in total. The number of pyridine rings is 1. The second-order valence-electron chi connectivity index (χ2n) is 3.36. The van der Waals surface area contributed by atoms with E-state index in [1.54, 1.807) is 19.2 Å². The predicted molar refractivity (Wildman–Crippen MR) is 63.4 cm³/mol. The number of carbonyl (C=O) groups excluding carboxylic acids is 1. The van der Waals surface area contributed by atoms with Crippen LogP contribution < -0.4 is 0 Å². The van der Waals surface area contributed by atoms with Gasteiger partial charge in [-0.05, 0) is 40.9 Å². The molecule has 17 heavy (non-hydrogen) atoms. The van der Waals surface area contributed by atoms with Gasteiger partial charge in [-0.25, -0.2) is 0 Å². The molecule has 0 bridgehead atoms. The van der Waals surface area contributed by atoms with Gasteiger partial charge in [0, 0.05) is 16.9 Å². The van der Waals surface area contributed by atoms with Crippen molar-refractivity contribution in [2.24, 2.45) is 5.92 Å². The Labute approximate surface area is 107 Å². The normalized spacial score (nSPS) is 11.9. The summed E-state index contributed by atoms with van der Waals surface area (Å²) in [7, 11) is 0. The van der Waals surface area contributed by atoms with Crippen LogP contribution in [0.5, 0.6) is 0 Å². The molecule has 1 aromatic rings. The fourth-order valence-electron chi connectivity index (χ4n) is 1.32. The van der Waals surface area contributed by atoms with Gasteiger partial charge < -0.3 is 9.84 Å². The third kappa shape index (κ3) is 4.14. The maximum atomic E-state index is 11.4. The molecule has 0 spiro atoms. The van der Waals surface area contributed by atoms with Crippen LogP contribution in [0.1, 0.15) is 12.5 Å². The van der Waals surface area contributed by atoms with Crippen molar-refractivity contribution in [1.82, 2.24) is 4.98 Å². The highest BCUT2D eigenvalue weighted by Gasteiger charge is 2.27. The van der Waals surface area contributed by atoms with Gasteiger partial charge in [-0.15, -0.1) is 0 Å². The van der Waals surface area contributed by atoms with E-state index in [4.69, 9.17) is 9.84 Å². The predicted octanol–water partition coefficient (Wildman–Crippen LogP) is 1.65. The molecule has 0 aliphatic carbocycles. The Hall–Kier alpha value is -1.43. The Morgan fingerprint density at radius 3 is 2.76 bits per heavy atom. The summed E-state index contributed by atoms with van der Waals surface area (Å²) in [6.07, 6.45) is 3.18. The van der Waals surface area contributed by atoms with Crippen LogP contribution in [0, 0.1) is 5.92 Å². The van der Waals surface area contributed by atoms with Gasteiger partial charge in [0.25, 0.3) is 0 Å². The number of esters is 1. The average molecular weight is 302 g/mol. The Bertz CT molecular complexity index is 422. The molecule has 0 saturated heterocycles. The van der Waals surface area contributed by atoms with Gasteiger partial charge in [0.1, 0.15) is 0 Å². The summed E-state index contributed by atoms with van der Waals surface area (Å²) >= 11 is 3.23. The maximum absolute atomic E-state index is 11.4. The van der Waals surface area contributed by atoms with E-state index in [0.29, 0.717) is 5.56 Å². The first-order valence-electron chi connectivity index (χ1n) is 5.03. The summed E-state index contributed by atoms with van der Waals surface area (Å²) in [5, 5.41) is 8.97. The van der Waals surface area contributed by atoms with E-state index in [9.17, 15) is 9.59 Å². The molecular weight excluding hydrogens is 290 g/mol. The fourth-order valence-corrected chi connectivity index (χ4v) is 1.73. The Balaban J connectivity index is 2.80. The Morgan fingerprint density at radius 2 is 2.24 bits per heavy atom. The first-order chi connectivity index (χ1) is 8.04. The molecule has 0 aliphatic heterocycles. The number of ether oxygens (including phenoxy) is 1. The Kier molecular flexibility index (Phi) is 5.09. The first kappa shape index (κ1) is 13.6. The minimum Gasteiger partial charge on any atom is -0.481 e. The lowest BCUT2D eigenvalue weighted by Gasteiger charge is -2.11. The van der Waals surface area contributed by atoms with Gasteiger partial charge in [0.05, 0.1) is 6.61 Å². The van der Waals surface area contributed by atoms with Gasteiger partial charge in [0.15, 0.2) is 5.92 Å². The van der Waals surface area contributed by atoms with E-state index < -0.39 is 17.9 Å². The zero-order valence-corrected chi connectivity index (χ0v) is 10.8. The third-order valence-electron chi connectivity index (χ3n) is 2.07. The van der Waals surface area contributed by atoms with Crippen LogP contribution in [0.3, 0.4) is 0 Å². The van der Waals surface area contributed by atoms with Crippen LogP contribution >= 0.6 is 15.9 Å². The number of aromatic nitrogens is 1. The number of carboxylic acids is 1. The van der Waals surface area contributed by atoms with Crippen molar-refractivity contribution in [3.05, 3.63) is 28.5 Å². The number of nitrogens with zero attached hydrogens (tertiary/aromatic N) is 1. The highest BCUT2D eigenvalue weighted by Crippen LogP contribution is 2.15. The average Bonchev–Trinajstić information content (AvgIpc) is 2.26. The minimum absolute atomic E-state index is 0.0700. The number of carboxylic acid groups (broad SMARTS) is 1. The summed E-state index contributed by atoms with van der Waals surface area (Å²) in [6.45, 7) is 1.80. The minimum atomic E-state index is -1.19. The summed E-state index contributed by atoms with van der Waals surface area (Å²) in [6, 6.07) is 1.72. The lowest BCUT2D eigenvalue weighted by molar-refractivity contribution is -0.158. The van der Waals surface area contributed by atoms with Crippen molar-refractivity contribution in [2.45, 2.75) is 13.3 Å². The van der Waals surface area contributed by atoms with Crippen LogP contribution in [0.2, 0.25) is 0 Å². The van der Waals surface area contributed by atoms with Gasteiger partial charge in [0.2, 0.25) is 0 Å². The molecule has 0 saturated carbocycles. The zero-order valence-electron chi connectivity index (χ0n) is 9.22. The number of rotatable bonds is 5. The lowest BCUT2D eigenvalue weighted by Crippen LogP contribution is -2.28. The summed E-state index contributed by atoms with van der Waals surface area (Å²) < 4.78 is 5.45. The molecule has 6 heteroatoms. The molecule has 0 aliphatic rings. The highest BCUT2D eigenvalue weighted by atomic mass is 79.9.